The minimum absolute atomic E-state index is 0.0423. The van der Waals surface area contributed by atoms with Crippen LogP contribution in [0, 0.1) is 0 Å². The van der Waals surface area contributed by atoms with Gasteiger partial charge in [0.15, 0.2) is 11.5 Å². The van der Waals surface area contributed by atoms with Crippen molar-refractivity contribution in [2.24, 2.45) is 0 Å². The summed E-state index contributed by atoms with van der Waals surface area (Å²) in [5.41, 5.74) is 0.0491. The van der Waals surface area contributed by atoms with E-state index in [4.69, 9.17) is 30.9 Å². The molecule has 1 heterocycles. The highest BCUT2D eigenvalue weighted by Gasteiger charge is 2.32. The highest BCUT2D eigenvalue weighted by molar-refractivity contribution is 6.34. The van der Waals surface area contributed by atoms with E-state index >= 15 is 0 Å². The number of carboxylic acid groups (broad SMARTS) is 1. The number of rotatable bonds is 4. The average Bonchev–Trinajstić information content (AvgIpc) is 2.37. The Labute approximate surface area is 122 Å². The standard InChI is InChI=1S/C14H17ClO5/c1-14(2,7-10(16)17)8-6-9-13(20-5-4-19-9)11(15)12(8)18-3/h6H,4-5,7H2,1-3H3,(H,16,17). The van der Waals surface area contributed by atoms with E-state index in [1.54, 1.807) is 6.07 Å². The molecule has 0 unspecified atom stereocenters. The third-order valence-corrected chi connectivity index (χ3v) is 3.60. The second-order valence-corrected chi connectivity index (χ2v) is 5.63. The summed E-state index contributed by atoms with van der Waals surface area (Å²) in [7, 11) is 1.50. The Kier molecular flexibility index (Phi) is 3.99. The highest BCUT2D eigenvalue weighted by Crippen LogP contribution is 2.49. The maximum atomic E-state index is 11.0. The van der Waals surface area contributed by atoms with E-state index in [-0.39, 0.29) is 6.42 Å². The molecule has 2 rings (SSSR count). The van der Waals surface area contributed by atoms with Crippen molar-refractivity contribution in [3.63, 3.8) is 0 Å². The van der Waals surface area contributed by atoms with Crippen molar-refractivity contribution in [2.75, 3.05) is 20.3 Å². The summed E-state index contributed by atoms with van der Waals surface area (Å²) in [6.07, 6.45) is -0.0423. The fourth-order valence-electron chi connectivity index (χ4n) is 2.30. The van der Waals surface area contributed by atoms with Gasteiger partial charge in [0.25, 0.3) is 0 Å². The van der Waals surface area contributed by atoms with Crippen molar-refractivity contribution in [3.8, 4) is 17.2 Å². The lowest BCUT2D eigenvalue weighted by Crippen LogP contribution is -2.24. The quantitative estimate of drug-likeness (QED) is 0.926. The molecular formula is C14H17ClO5. The Balaban J connectivity index is 2.57. The van der Waals surface area contributed by atoms with Gasteiger partial charge in [-0.2, -0.15) is 0 Å². The lowest BCUT2D eigenvalue weighted by Gasteiger charge is -2.29. The Morgan fingerprint density at radius 3 is 2.70 bits per heavy atom. The molecule has 0 fully saturated rings. The highest BCUT2D eigenvalue weighted by atomic mass is 35.5. The fraction of sp³-hybridized carbons (Fsp3) is 0.500. The summed E-state index contributed by atoms with van der Waals surface area (Å²) in [5, 5.41) is 9.37. The van der Waals surface area contributed by atoms with Gasteiger partial charge >= 0.3 is 5.97 Å². The first-order valence-corrected chi connectivity index (χ1v) is 6.63. The number of methoxy groups -OCH3 is 1. The van der Waals surface area contributed by atoms with Gasteiger partial charge in [-0.05, 0) is 6.07 Å². The Hall–Kier alpha value is -1.62. The molecular weight excluding hydrogens is 284 g/mol. The molecule has 1 N–H and O–H groups in total. The zero-order chi connectivity index (χ0) is 14.9. The minimum atomic E-state index is -0.886. The maximum Gasteiger partial charge on any atom is 0.304 e. The number of carboxylic acids is 1. The van der Waals surface area contributed by atoms with E-state index in [9.17, 15) is 4.79 Å². The largest absolute Gasteiger partial charge is 0.495 e. The first kappa shape index (κ1) is 14.8. The van der Waals surface area contributed by atoms with Gasteiger partial charge in [0.1, 0.15) is 24.0 Å². The van der Waals surface area contributed by atoms with Gasteiger partial charge in [-0.25, -0.2) is 0 Å². The number of ether oxygens (including phenoxy) is 3. The van der Waals surface area contributed by atoms with Crippen LogP contribution in [-0.2, 0) is 10.2 Å². The van der Waals surface area contributed by atoms with Crippen LogP contribution >= 0.6 is 11.6 Å². The first-order valence-electron chi connectivity index (χ1n) is 6.25. The zero-order valence-corrected chi connectivity index (χ0v) is 12.4. The van der Waals surface area contributed by atoms with E-state index in [1.165, 1.54) is 7.11 Å². The molecule has 0 spiro atoms. The van der Waals surface area contributed by atoms with E-state index < -0.39 is 11.4 Å². The molecule has 0 amide bonds. The van der Waals surface area contributed by atoms with E-state index in [2.05, 4.69) is 0 Å². The molecule has 0 radical (unpaired) electrons. The SMILES string of the molecule is COc1c(C(C)(C)CC(=O)O)cc2c(c1Cl)OCCO2. The lowest BCUT2D eigenvalue weighted by molar-refractivity contribution is -0.138. The van der Waals surface area contributed by atoms with Crippen LogP contribution in [0.1, 0.15) is 25.8 Å². The monoisotopic (exact) mass is 300 g/mol. The van der Waals surface area contributed by atoms with Crippen LogP contribution in [0.4, 0.5) is 0 Å². The molecule has 1 aliphatic rings. The van der Waals surface area contributed by atoms with E-state index in [1.807, 2.05) is 13.8 Å². The number of benzene rings is 1. The predicted octanol–water partition coefficient (Wildman–Crippen LogP) is 2.87. The van der Waals surface area contributed by atoms with Gasteiger partial charge < -0.3 is 19.3 Å². The first-order chi connectivity index (χ1) is 9.36. The third kappa shape index (κ3) is 2.63. The van der Waals surface area contributed by atoms with Crippen LogP contribution in [-0.4, -0.2) is 31.4 Å². The lowest BCUT2D eigenvalue weighted by atomic mass is 9.80. The number of fused-ring (bicyclic) bond motifs is 1. The number of aliphatic carboxylic acids is 1. The van der Waals surface area contributed by atoms with Gasteiger partial charge in [0, 0.05) is 11.0 Å². The molecule has 1 aliphatic heterocycles. The third-order valence-electron chi connectivity index (χ3n) is 3.26. The summed E-state index contributed by atoms with van der Waals surface area (Å²) < 4.78 is 16.4. The molecule has 0 bridgehead atoms. The van der Waals surface area contributed by atoms with Crippen molar-refractivity contribution in [1.29, 1.82) is 0 Å². The summed E-state index contributed by atoms with van der Waals surface area (Å²) in [5.74, 6) is 0.519. The smallest absolute Gasteiger partial charge is 0.304 e. The molecule has 0 saturated carbocycles. The van der Waals surface area contributed by atoms with E-state index in [0.29, 0.717) is 41.0 Å². The van der Waals surface area contributed by atoms with Crippen molar-refractivity contribution < 1.29 is 24.1 Å². The second kappa shape index (κ2) is 5.40. The van der Waals surface area contributed by atoms with E-state index in [0.717, 1.165) is 0 Å². The molecule has 0 aliphatic carbocycles. The maximum absolute atomic E-state index is 11.0. The predicted molar refractivity (Wildman–Crippen MR) is 74.3 cm³/mol. The van der Waals surface area contributed by atoms with Crippen LogP contribution in [0.15, 0.2) is 6.07 Å². The molecule has 1 aromatic carbocycles. The van der Waals surface area contributed by atoms with Gasteiger partial charge in [-0.1, -0.05) is 25.4 Å². The summed E-state index contributed by atoms with van der Waals surface area (Å²) in [6, 6.07) is 1.75. The summed E-state index contributed by atoms with van der Waals surface area (Å²) in [4.78, 5) is 11.0. The molecule has 110 valence electrons. The molecule has 0 atom stereocenters. The number of hydrogen-bond donors (Lipinski definition) is 1. The van der Waals surface area contributed by atoms with Crippen LogP contribution in [0.5, 0.6) is 17.2 Å². The molecule has 0 saturated heterocycles. The van der Waals surface area contributed by atoms with Crippen LogP contribution < -0.4 is 14.2 Å². The van der Waals surface area contributed by atoms with Crippen molar-refractivity contribution in [3.05, 3.63) is 16.7 Å². The Bertz CT molecular complexity index is 539. The topological polar surface area (TPSA) is 65.0 Å². The minimum Gasteiger partial charge on any atom is -0.495 e. The Morgan fingerprint density at radius 2 is 2.10 bits per heavy atom. The Morgan fingerprint density at radius 1 is 1.45 bits per heavy atom. The normalized spacial score (nSPS) is 14.0. The zero-order valence-electron chi connectivity index (χ0n) is 11.7. The van der Waals surface area contributed by atoms with Crippen molar-refractivity contribution >= 4 is 17.6 Å². The number of carbonyl (C=O) groups is 1. The van der Waals surface area contributed by atoms with Crippen LogP contribution in [0.3, 0.4) is 0 Å². The second-order valence-electron chi connectivity index (χ2n) is 5.25. The molecule has 0 aromatic heterocycles. The molecule has 6 heteroatoms. The molecule has 5 nitrogen and oxygen atoms in total. The summed E-state index contributed by atoms with van der Waals surface area (Å²) in [6.45, 7) is 4.51. The molecule has 20 heavy (non-hydrogen) atoms. The van der Waals surface area contributed by atoms with Crippen LogP contribution in [0.2, 0.25) is 5.02 Å². The number of hydrogen-bond acceptors (Lipinski definition) is 4. The fourth-order valence-corrected chi connectivity index (χ4v) is 2.63. The van der Waals surface area contributed by atoms with Gasteiger partial charge in [0.2, 0.25) is 0 Å². The average molecular weight is 301 g/mol. The van der Waals surface area contributed by atoms with Crippen molar-refractivity contribution in [2.45, 2.75) is 25.7 Å². The van der Waals surface area contributed by atoms with Gasteiger partial charge in [-0.3, -0.25) is 4.79 Å². The summed E-state index contributed by atoms with van der Waals surface area (Å²) >= 11 is 6.30. The van der Waals surface area contributed by atoms with Gasteiger partial charge in [-0.15, -0.1) is 0 Å². The van der Waals surface area contributed by atoms with Gasteiger partial charge in [0.05, 0.1) is 13.5 Å². The molecule has 1 aromatic rings. The van der Waals surface area contributed by atoms with Crippen molar-refractivity contribution in [1.82, 2.24) is 0 Å². The van der Waals surface area contributed by atoms with Crippen LogP contribution in [0.25, 0.3) is 0 Å². The number of halogens is 1.